The Bertz CT molecular complexity index is 265. The molecule has 2 aliphatic rings. The Kier molecular flexibility index (Phi) is 5.04. The molecule has 0 bridgehead atoms. The molecular formula is C15H28N2O. The molecule has 3 nitrogen and oxygen atoms in total. The van der Waals surface area contributed by atoms with E-state index in [0.717, 1.165) is 32.5 Å². The molecule has 0 aromatic carbocycles. The quantitative estimate of drug-likeness (QED) is 0.716. The van der Waals surface area contributed by atoms with Gasteiger partial charge < -0.3 is 9.80 Å². The average Bonchev–Trinajstić information content (AvgIpc) is 2.31. The molecule has 0 spiro atoms. The molecule has 104 valence electrons. The second kappa shape index (κ2) is 6.55. The summed E-state index contributed by atoms with van der Waals surface area (Å²) in [6.07, 6.45) is 8.46. The third-order valence-electron chi connectivity index (χ3n) is 4.73. The maximum Gasteiger partial charge on any atom is 0.225 e. The number of hydrogen-bond acceptors (Lipinski definition) is 2. The third kappa shape index (κ3) is 3.47. The van der Waals surface area contributed by atoms with Crippen molar-refractivity contribution in [3.8, 4) is 0 Å². The van der Waals surface area contributed by atoms with Crippen molar-refractivity contribution in [2.24, 2.45) is 5.92 Å². The van der Waals surface area contributed by atoms with Crippen molar-refractivity contribution in [2.45, 2.75) is 57.9 Å². The number of nitrogens with zero attached hydrogens (tertiary/aromatic N) is 2. The van der Waals surface area contributed by atoms with Crippen LogP contribution in [0.15, 0.2) is 0 Å². The fraction of sp³-hybridized carbons (Fsp3) is 0.933. The summed E-state index contributed by atoms with van der Waals surface area (Å²) in [5.74, 6) is 0.729. The Hall–Kier alpha value is -0.570. The standard InChI is InChI=1S/C15H28N2O/c1-13-12-14(8-11-16(13)2)15(18)17-9-6-4-3-5-7-10-17/h13-14H,3-12H2,1-2H3/t13-,14-/m0/s1. The smallest absolute Gasteiger partial charge is 0.225 e. The van der Waals surface area contributed by atoms with Crippen LogP contribution in [0, 0.1) is 5.92 Å². The minimum atomic E-state index is 0.288. The molecular weight excluding hydrogens is 224 g/mol. The molecule has 18 heavy (non-hydrogen) atoms. The van der Waals surface area contributed by atoms with Crippen molar-refractivity contribution in [3.05, 3.63) is 0 Å². The van der Waals surface area contributed by atoms with Crippen LogP contribution in [0.2, 0.25) is 0 Å². The maximum absolute atomic E-state index is 12.6. The van der Waals surface area contributed by atoms with Crippen LogP contribution < -0.4 is 0 Å². The highest BCUT2D eigenvalue weighted by molar-refractivity contribution is 5.79. The molecule has 2 atom stereocenters. The van der Waals surface area contributed by atoms with Crippen LogP contribution in [-0.4, -0.2) is 48.4 Å². The summed E-state index contributed by atoms with van der Waals surface area (Å²) in [5, 5.41) is 0. The monoisotopic (exact) mass is 252 g/mol. The zero-order chi connectivity index (χ0) is 13.0. The SMILES string of the molecule is C[C@H]1C[C@@H](C(=O)N2CCCCCCC2)CCN1C. The van der Waals surface area contributed by atoms with Gasteiger partial charge in [-0.3, -0.25) is 4.79 Å². The Labute approximate surface area is 112 Å². The van der Waals surface area contributed by atoms with Crippen LogP contribution in [0.5, 0.6) is 0 Å². The molecule has 0 aromatic rings. The molecule has 0 aliphatic carbocycles. The summed E-state index contributed by atoms with van der Waals surface area (Å²) in [4.78, 5) is 17.1. The zero-order valence-electron chi connectivity index (χ0n) is 12.0. The van der Waals surface area contributed by atoms with E-state index in [1.807, 2.05) is 0 Å². The Morgan fingerprint density at radius 3 is 2.22 bits per heavy atom. The fourth-order valence-corrected chi connectivity index (χ4v) is 3.24. The van der Waals surface area contributed by atoms with Gasteiger partial charge in [-0.2, -0.15) is 0 Å². The van der Waals surface area contributed by atoms with Gasteiger partial charge in [0.1, 0.15) is 0 Å². The van der Waals surface area contributed by atoms with Gasteiger partial charge in [-0.25, -0.2) is 0 Å². The van der Waals surface area contributed by atoms with Gasteiger partial charge in [0.05, 0.1) is 0 Å². The lowest BCUT2D eigenvalue weighted by atomic mass is 9.90. The number of carbonyl (C=O) groups excluding carboxylic acids is 1. The van der Waals surface area contributed by atoms with E-state index in [-0.39, 0.29) is 5.92 Å². The van der Waals surface area contributed by atoms with Crippen LogP contribution in [0.4, 0.5) is 0 Å². The number of likely N-dealkylation sites (tertiary alicyclic amines) is 2. The lowest BCUT2D eigenvalue weighted by Crippen LogP contribution is -2.45. The molecule has 2 rings (SSSR count). The molecule has 3 heteroatoms. The maximum atomic E-state index is 12.6. The second-order valence-electron chi connectivity index (χ2n) is 6.14. The fourth-order valence-electron chi connectivity index (χ4n) is 3.24. The lowest BCUT2D eigenvalue weighted by molar-refractivity contribution is -0.138. The molecule has 2 aliphatic heterocycles. The molecule has 1 amide bonds. The minimum Gasteiger partial charge on any atom is -0.342 e. The topological polar surface area (TPSA) is 23.6 Å². The molecule has 0 N–H and O–H groups in total. The predicted molar refractivity (Wildman–Crippen MR) is 74.5 cm³/mol. The first-order chi connectivity index (χ1) is 8.68. The number of amides is 1. The van der Waals surface area contributed by atoms with E-state index >= 15 is 0 Å². The number of piperidine rings is 1. The van der Waals surface area contributed by atoms with Gasteiger partial charge in [-0.1, -0.05) is 19.3 Å². The zero-order valence-corrected chi connectivity index (χ0v) is 12.0. The van der Waals surface area contributed by atoms with Crippen LogP contribution in [0.3, 0.4) is 0 Å². The summed E-state index contributed by atoms with van der Waals surface area (Å²) in [6, 6.07) is 0.558. The van der Waals surface area contributed by atoms with Crippen LogP contribution in [0.1, 0.15) is 51.9 Å². The van der Waals surface area contributed by atoms with Crippen molar-refractivity contribution in [1.29, 1.82) is 0 Å². The molecule has 2 saturated heterocycles. The van der Waals surface area contributed by atoms with Crippen molar-refractivity contribution in [1.82, 2.24) is 9.80 Å². The summed E-state index contributed by atoms with van der Waals surface area (Å²) in [6.45, 7) is 5.32. The highest BCUT2D eigenvalue weighted by Crippen LogP contribution is 2.24. The normalized spacial score (nSPS) is 31.8. The number of hydrogen-bond donors (Lipinski definition) is 0. The Balaban J connectivity index is 1.88. The molecule has 2 heterocycles. The van der Waals surface area contributed by atoms with Gasteiger partial charge in [-0.15, -0.1) is 0 Å². The van der Waals surface area contributed by atoms with E-state index in [1.54, 1.807) is 0 Å². The van der Waals surface area contributed by atoms with Gasteiger partial charge in [0, 0.05) is 25.0 Å². The van der Waals surface area contributed by atoms with Crippen molar-refractivity contribution in [2.75, 3.05) is 26.7 Å². The first kappa shape index (κ1) is 13.9. The average molecular weight is 252 g/mol. The van der Waals surface area contributed by atoms with E-state index in [9.17, 15) is 4.79 Å². The molecule has 0 radical (unpaired) electrons. The Morgan fingerprint density at radius 2 is 1.61 bits per heavy atom. The van der Waals surface area contributed by atoms with Gasteiger partial charge in [0.25, 0.3) is 0 Å². The summed E-state index contributed by atoms with van der Waals surface area (Å²) in [7, 11) is 2.17. The number of carbonyl (C=O) groups is 1. The second-order valence-corrected chi connectivity index (χ2v) is 6.14. The van der Waals surface area contributed by atoms with Gasteiger partial charge in [-0.05, 0) is 46.2 Å². The molecule has 0 saturated carbocycles. The van der Waals surface area contributed by atoms with Gasteiger partial charge >= 0.3 is 0 Å². The van der Waals surface area contributed by atoms with Crippen molar-refractivity contribution >= 4 is 5.91 Å². The summed E-state index contributed by atoms with van der Waals surface area (Å²) < 4.78 is 0. The van der Waals surface area contributed by atoms with E-state index < -0.39 is 0 Å². The molecule has 0 aromatic heterocycles. The number of rotatable bonds is 1. The lowest BCUT2D eigenvalue weighted by Gasteiger charge is -2.37. The van der Waals surface area contributed by atoms with E-state index in [4.69, 9.17) is 0 Å². The first-order valence-electron chi connectivity index (χ1n) is 7.67. The van der Waals surface area contributed by atoms with E-state index in [2.05, 4.69) is 23.8 Å². The van der Waals surface area contributed by atoms with Crippen molar-refractivity contribution < 1.29 is 4.79 Å². The van der Waals surface area contributed by atoms with E-state index in [1.165, 1.54) is 32.1 Å². The molecule has 0 unspecified atom stereocenters. The van der Waals surface area contributed by atoms with Crippen LogP contribution >= 0.6 is 0 Å². The minimum absolute atomic E-state index is 0.288. The van der Waals surface area contributed by atoms with Crippen molar-refractivity contribution in [3.63, 3.8) is 0 Å². The molecule has 2 fully saturated rings. The van der Waals surface area contributed by atoms with E-state index in [0.29, 0.717) is 11.9 Å². The first-order valence-corrected chi connectivity index (χ1v) is 7.67. The third-order valence-corrected chi connectivity index (χ3v) is 4.73. The largest absolute Gasteiger partial charge is 0.342 e. The highest BCUT2D eigenvalue weighted by Gasteiger charge is 2.30. The summed E-state index contributed by atoms with van der Waals surface area (Å²) >= 11 is 0. The van der Waals surface area contributed by atoms with Gasteiger partial charge in [0.15, 0.2) is 0 Å². The summed E-state index contributed by atoms with van der Waals surface area (Å²) in [5.41, 5.74) is 0. The van der Waals surface area contributed by atoms with Crippen LogP contribution in [-0.2, 0) is 4.79 Å². The van der Waals surface area contributed by atoms with Gasteiger partial charge in [0.2, 0.25) is 5.91 Å². The van der Waals surface area contributed by atoms with Crippen LogP contribution in [0.25, 0.3) is 0 Å². The Morgan fingerprint density at radius 1 is 1.00 bits per heavy atom. The highest BCUT2D eigenvalue weighted by atomic mass is 16.2. The predicted octanol–water partition coefficient (Wildman–Crippen LogP) is 2.51.